The number of hydrogen-bond acceptors (Lipinski definition) is 5. The van der Waals surface area contributed by atoms with Crippen molar-refractivity contribution in [3.63, 3.8) is 0 Å². The molecule has 0 amide bonds. The number of H-pyrrole nitrogens is 1. The van der Waals surface area contributed by atoms with Gasteiger partial charge in [-0.05, 0) is 30.2 Å². The summed E-state index contributed by atoms with van der Waals surface area (Å²) < 4.78 is 6.70. The van der Waals surface area contributed by atoms with Gasteiger partial charge in [-0.15, -0.1) is 0 Å². The molecular formula is C22H21N5O2. The first-order valence-electron chi connectivity index (χ1n) is 9.48. The van der Waals surface area contributed by atoms with Crippen molar-refractivity contribution in [2.24, 2.45) is 0 Å². The molecule has 0 aliphatic carbocycles. The van der Waals surface area contributed by atoms with Gasteiger partial charge in [0.2, 0.25) is 0 Å². The molecule has 0 saturated carbocycles. The van der Waals surface area contributed by atoms with E-state index in [0.29, 0.717) is 25.4 Å². The van der Waals surface area contributed by atoms with Crippen LogP contribution in [0.3, 0.4) is 0 Å². The molecule has 4 aromatic rings. The Morgan fingerprint density at radius 2 is 1.93 bits per heavy atom. The molecule has 4 rings (SSSR count). The Balaban J connectivity index is 1.51. The summed E-state index contributed by atoms with van der Waals surface area (Å²) >= 11 is 0. The lowest BCUT2D eigenvalue weighted by Crippen LogP contribution is -2.09. The van der Waals surface area contributed by atoms with Crippen LogP contribution in [-0.4, -0.2) is 37.3 Å². The molecule has 0 unspecified atom stereocenters. The molecule has 0 bridgehead atoms. The molecule has 3 aromatic heterocycles. The van der Waals surface area contributed by atoms with Crippen LogP contribution in [-0.2, 0) is 16.1 Å². The van der Waals surface area contributed by atoms with Crippen LogP contribution in [0.15, 0.2) is 67.3 Å². The second-order valence-corrected chi connectivity index (χ2v) is 6.49. The Bertz CT molecular complexity index is 1100. The summed E-state index contributed by atoms with van der Waals surface area (Å²) in [5.41, 5.74) is 4.70. The average Bonchev–Trinajstić information content (AvgIpc) is 3.43. The Labute approximate surface area is 168 Å². The average molecular weight is 387 g/mol. The molecule has 0 fully saturated rings. The third-order valence-electron chi connectivity index (χ3n) is 4.48. The van der Waals surface area contributed by atoms with E-state index in [1.165, 1.54) is 0 Å². The number of rotatable bonds is 7. The van der Waals surface area contributed by atoms with E-state index >= 15 is 0 Å². The van der Waals surface area contributed by atoms with Crippen LogP contribution in [0.4, 0.5) is 0 Å². The number of carbonyl (C=O) groups excluding carboxylic acids is 1. The number of imidazole rings is 1. The molecule has 0 aliphatic rings. The molecule has 7 heteroatoms. The van der Waals surface area contributed by atoms with Gasteiger partial charge in [0.15, 0.2) is 5.82 Å². The molecule has 1 N–H and O–H groups in total. The molecule has 1 aromatic carbocycles. The number of ether oxygens (including phenoxy) is 1. The smallest absolute Gasteiger partial charge is 0.307 e. The fourth-order valence-corrected chi connectivity index (χ4v) is 3.03. The Morgan fingerprint density at radius 1 is 1.07 bits per heavy atom. The van der Waals surface area contributed by atoms with Gasteiger partial charge in [-0.1, -0.05) is 30.3 Å². The van der Waals surface area contributed by atoms with Gasteiger partial charge in [0.1, 0.15) is 5.69 Å². The Morgan fingerprint density at radius 3 is 2.76 bits per heavy atom. The highest BCUT2D eigenvalue weighted by Crippen LogP contribution is 2.25. The number of aryl methyl sites for hydroxylation is 1. The number of aromatic nitrogens is 5. The molecule has 0 atom stereocenters. The topological polar surface area (TPSA) is 85.7 Å². The SMILES string of the molecule is CCOC(=O)CCn1cc(-c2ccnc(-c3ncc(-c4ccccc4)[nH]3)c2)cn1. The second kappa shape index (κ2) is 8.52. The zero-order valence-corrected chi connectivity index (χ0v) is 16.1. The molecule has 7 nitrogen and oxygen atoms in total. The number of nitrogens with zero attached hydrogens (tertiary/aromatic N) is 4. The highest BCUT2D eigenvalue weighted by atomic mass is 16.5. The number of pyridine rings is 1. The lowest BCUT2D eigenvalue weighted by Gasteiger charge is -2.02. The van der Waals surface area contributed by atoms with E-state index in [1.54, 1.807) is 24.0 Å². The summed E-state index contributed by atoms with van der Waals surface area (Å²) in [7, 11) is 0. The molecular weight excluding hydrogens is 366 g/mol. The molecule has 29 heavy (non-hydrogen) atoms. The van der Waals surface area contributed by atoms with E-state index in [4.69, 9.17) is 4.74 Å². The molecule has 0 radical (unpaired) electrons. The normalized spacial score (nSPS) is 10.8. The van der Waals surface area contributed by atoms with Gasteiger partial charge in [0.05, 0.1) is 37.7 Å². The Hall–Kier alpha value is -3.74. The maximum absolute atomic E-state index is 11.5. The lowest BCUT2D eigenvalue weighted by molar-refractivity contribution is -0.143. The van der Waals surface area contributed by atoms with E-state index in [0.717, 1.165) is 28.1 Å². The van der Waals surface area contributed by atoms with Crippen LogP contribution in [0.1, 0.15) is 13.3 Å². The number of hydrogen-bond donors (Lipinski definition) is 1. The van der Waals surface area contributed by atoms with Gasteiger partial charge in [-0.3, -0.25) is 14.5 Å². The first-order chi connectivity index (χ1) is 14.2. The van der Waals surface area contributed by atoms with Gasteiger partial charge < -0.3 is 9.72 Å². The standard InChI is InChI=1S/C22H21N5O2/c1-2-29-21(28)9-11-27-15-18(13-25-27)17-8-10-23-19(12-17)22-24-14-20(26-22)16-6-4-3-5-7-16/h3-8,10,12-15H,2,9,11H2,1H3,(H,24,26). The van der Waals surface area contributed by atoms with Gasteiger partial charge in [0.25, 0.3) is 0 Å². The lowest BCUT2D eigenvalue weighted by atomic mass is 10.1. The van der Waals surface area contributed by atoms with Gasteiger partial charge >= 0.3 is 5.97 Å². The van der Waals surface area contributed by atoms with Crippen LogP contribution in [0, 0.1) is 0 Å². The third-order valence-corrected chi connectivity index (χ3v) is 4.48. The minimum Gasteiger partial charge on any atom is -0.466 e. The number of benzene rings is 1. The van der Waals surface area contributed by atoms with E-state index in [2.05, 4.69) is 20.1 Å². The zero-order valence-electron chi connectivity index (χ0n) is 16.1. The predicted molar refractivity (Wildman–Crippen MR) is 110 cm³/mol. The number of aromatic amines is 1. The highest BCUT2D eigenvalue weighted by Gasteiger charge is 2.10. The molecule has 0 spiro atoms. The summed E-state index contributed by atoms with van der Waals surface area (Å²) in [4.78, 5) is 23.8. The summed E-state index contributed by atoms with van der Waals surface area (Å²) in [5, 5.41) is 4.34. The van der Waals surface area contributed by atoms with E-state index in [1.807, 2.05) is 54.9 Å². The van der Waals surface area contributed by atoms with Crippen molar-refractivity contribution in [1.82, 2.24) is 24.7 Å². The van der Waals surface area contributed by atoms with Crippen LogP contribution in [0.2, 0.25) is 0 Å². The van der Waals surface area contributed by atoms with Crippen LogP contribution in [0.25, 0.3) is 33.9 Å². The van der Waals surface area contributed by atoms with Crippen LogP contribution >= 0.6 is 0 Å². The summed E-state index contributed by atoms with van der Waals surface area (Å²) in [6, 6.07) is 13.9. The third kappa shape index (κ3) is 4.40. The van der Waals surface area contributed by atoms with Crippen LogP contribution < -0.4 is 0 Å². The van der Waals surface area contributed by atoms with Crippen LogP contribution in [0.5, 0.6) is 0 Å². The van der Waals surface area contributed by atoms with Crippen molar-refractivity contribution in [2.45, 2.75) is 19.9 Å². The van der Waals surface area contributed by atoms with Crippen molar-refractivity contribution in [1.29, 1.82) is 0 Å². The van der Waals surface area contributed by atoms with Gasteiger partial charge in [-0.25, -0.2) is 4.98 Å². The van der Waals surface area contributed by atoms with Crippen molar-refractivity contribution in [2.75, 3.05) is 6.61 Å². The number of carbonyl (C=O) groups is 1. The fourth-order valence-electron chi connectivity index (χ4n) is 3.03. The first kappa shape index (κ1) is 18.6. The minimum absolute atomic E-state index is 0.220. The summed E-state index contributed by atoms with van der Waals surface area (Å²) in [6.45, 7) is 2.67. The van der Waals surface area contributed by atoms with Crippen molar-refractivity contribution in [3.8, 4) is 33.9 Å². The molecule has 0 saturated heterocycles. The Kier molecular flexibility index (Phi) is 5.47. The quantitative estimate of drug-likeness (QED) is 0.485. The molecule has 0 aliphatic heterocycles. The van der Waals surface area contributed by atoms with Crippen molar-refractivity contribution < 1.29 is 9.53 Å². The largest absolute Gasteiger partial charge is 0.466 e. The zero-order chi connectivity index (χ0) is 20.1. The first-order valence-corrected chi connectivity index (χ1v) is 9.48. The van der Waals surface area contributed by atoms with Crippen molar-refractivity contribution >= 4 is 5.97 Å². The van der Waals surface area contributed by atoms with E-state index in [9.17, 15) is 4.79 Å². The fraction of sp³-hybridized carbons (Fsp3) is 0.182. The van der Waals surface area contributed by atoms with Gasteiger partial charge in [0, 0.05) is 18.0 Å². The number of nitrogens with one attached hydrogen (secondary N) is 1. The molecule has 146 valence electrons. The predicted octanol–water partition coefficient (Wildman–Crippen LogP) is 3.96. The summed E-state index contributed by atoms with van der Waals surface area (Å²) in [5.74, 6) is 0.489. The van der Waals surface area contributed by atoms with E-state index in [-0.39, 0.29) is 5.97 Å². The summed E-state index contributed by atoms with van der Waals surface area (Å²) in [6.07, 6.45) is 7.56. The van der Waals surface area contributed by atoms with Gasteiger partial charge in [-0.2, -0.15) is 5.10 Å². The highest BCUT2D eigenvalue weighted by molar-refractivity contribution is 5.70. The maximum Gasteiger partial charge on any atom is 0.307 e. The monoisotopic (exact) mass is 387 g/mol. The number of esters is 1. The minimum atomic E-state index is -0.220. The molecule has 3 heterocycles. The van der Waals surface area contributed by atoms with E-state index < -0.39 is 0 Å². The second-order valence-electron chi connectivity index (χ2n) is 6.49. The maximum atomic E-state index is 11.5. The van der Waals surface area contributed by atoms with Crippen molar-refractivity contribution in [3.05, 3.63) is 67.3 Å².